The van der Waals surface area contributed by atoms with E-state index in [4.69, 9.17) is 21.7 Å². The molecule has 2 heterocycles. The quantitative estimate of drug-likeness (QED) is 0.810. The molecule has 6 heteroatoms. The van der Waals surface area contributed by atoms with Gasteiger partial charge in [-0.2, -0.15) is 0 Å². The minimum absolute atomic E-state index is 0.0258. The number of pyridine rings is 1. The Balaban J connectivity index is 1.82. The molecular formula is C19H23N3O2S. The lowest BCUT2D eigenvalue weighted by Gasteiger charge is -2.38. The molecule has 1 aliphatic rings. The molecule has 25 heavy (non-hydrogen) atoms. The van der Waals surface area contributed by atoms with Crippen molar-refractivity contribution >= 4 is 23.1 Å². The van der Waals surface area contributed by atoms with Crippen LogP contribution < -0.4 is 20.1 Å². The summed E-state index contributed by atoms with van der Waals surface area (Å²) >= 11 is 5.51. The smallest absolute Gasteiger partial charge is 0.172 e. The molecule has 0 unspecified atom stereocenters. The first-order valence-corrected chi connectivity index (χ1v) is 8.65. The highest BCUT2D eigenvalue weighted by Crippen LogP contribution is 2.41. The van der Waals surface area contributed by atoms with Crippen LogP contribution in [0.4, 0.5) is 5.82 Å². The van der Waals surface area contributed by atoms with Crippen molar-refractivity contribution in [2.24, 2.45) is 0 Å². The summed E-state index contributed by atoms with van der Waals surface area (Å²) in [5, 5.41) is 7.12. The Kier molecular flexibility index (Phi) is 4.81. The van der Waals surface area contributed by atoms with E-state index in [-0.39, 0.29) is 11.6 Å². The van der Waals surface area contributed by atoms with Crippen molar-refractivity contribution in [3.63, 3.8) is 0 Å². The molecule has 0 aliphatic carbocycles. The van der Waals surface area contributed by atoms with Crippen LogP contribution in [0.15, 0.2) is 36.5 Å². The molecule has 2 aromatic rings. The zero-order valence-electron chi connectivity index (χ0n) is 14.9. The van der Waals surface area contributed by atoms with E-state index in [1.807, 2.05) is 37.3 Å². The highest BCUT2D eigenvalue weighted by molar-refractivity contribution is 7.80. The number of hydrogen-bond acceptors (Lipinski definition) is 4. The highest BCUT2D eigenvalue weighted by atomic mass is 32.1. The number of aromatic nitrogens is 1. The van der Waals surface area contributed by atoms with Gasteiger partial charge >= 0.3 is 0 Å². The second-order valence-electron chi connectivity index (χ2n) is 6.79. The number of ether oxygens (including phenoxy) is 2. The van der Waals surface area contributed by atoms with Gasteiger partial charge in [-0.05, 0) is 62.8 Å². The summed E-state index contributed by atoms with van der Waals surface area (Å²) in [5.74, 6) is 2.41. The molecule has 1 aliphatic heterocycles. The number of aryl methyl sites for hydroxylation is 1. The predicted octanol–water partition coefficient (Wildman–Crippen LogP) is 3.99. The number of rotatable bonds is 3. The maximum Gasteiger partial charge on any atom is 0.172 e. The van der Waals surface area contributed by atoms with Crippen LogP contribution in [0.3, 0.4) is 0 Å². The lowest BCUT2D eigenvalue weighted by Crippen LogP contribution is -2.42. The molecule has 5 nitrogen and oxygen atoms in total. The van der Waals surface area contributed by atoms with Crippen LogP contribution in [0, 0.1) is 6.92 Å². The van der Waals surface area contributed by atoms with Gasteiger partial charge in [0.05, 0.1) is 13.2 Å². The zero-order valence-corrected chi connectivity index (χ0v) is 15.7. The summed E-state index contributed by atoms with van der Waals surface area (Å²) in [7, 11) is 1.66. The van der Waals surface area contributed by atoms with Crippen molar-refractivity contribution < 1.29 is 9.47 Å². The number of fused-ring (bicyclic) bond motifs is 1. The van der Waals surface area contributed by atoms with Crippen LogP contribution in [0.25, 0.3) is 0 Å². The summed E-state index contributed by atoms with van der Waals surface area (Å²) < 4.78 is 11.5. The lowest BCUT2D eigenvalue weighted by atomic mass is 9.89. The number of hydrogen-bond donors (Lipinski definition) is 2. The molecule has 0 saturated carbocycles. The molecule has 1 atom stereocenters. The third-order valence-corrected chi connectivity index (χ3v) is 4.44. The van der Waals surface area contributed by atoms with Crippen LogP contribution in [0.5, 0.6) is 11.5 Å². The second kappa shape index (κ2) is 6.88. The number of nitrogens with zero attached hydrogens (tertiary/aromatic N) is 1. The first-order valence-electron chi connectivity index (χ1n) is 8.24. The standard InChI is InChI=1S/C19H23N3O2S/c1-12-6-5-9-20-17(12)22-18(25)21-15-11-19(2,3)24-16-8-7-13(23-4)10-14(15)16/h5-10,15H,11H2,1-4H3,(H2,20,21,22,25)/t15-/m0/s1. The largest absolute Gasteiger partial charge is 0.497 e. The van der Waals surface area contributed by atoms with Gasteiger partial charge in [-0.25, -0.2) is 4.98 Å². The van der Waals surface area contributed by atoms with Gasteiger partial charge in [-0.15, -0.1) is 0 Å². The lowest BCUT2D eigenvalue weighted by molar-refractivity contribution is 0.0695. The maximum atomic E-state index is 6.10. The van der Waals surface area contributed by atoms with Gasteiger partial charge in [0.25, 0.3) is 0 Å². The molecule has 1 aromatic carbocycles. The number of benzene rings is 1. The van der Waals surface area contributed by atoms with Crippen molar-refractivity contribution in [1.29, 1.82) is 0 Å². The minimum Gasteiger partial charge on any atom is -0.497 e. The Morgan fingerprint density at radius 3 is 2.88 bits per heavy atom. The van der Waals surface area contributed by atoms with Crippen molar-refractivity contribution in [2.45, 2.75) is 38.8 Å². The Hall–Kier alpha value is -2.34. The normalized spacial score (nSPS) is 17.8. The van der Waals surface area contributed by atoms with Gasteiger partial charge in [-0.1, -0.05) is 6.07 Å². The molecule has 0 bridgehead atoms. The van der Waals surface area contributed by atoms with E-state index in [0.29, 0.717) is 5.11 Å². The monoisotopic (exact) mass is 357 g/mol. The molecule has 0 amide bonds. The average Bonchev–Trinajstić information content (AvgIpc) is 2.55. The molecule has 1 aromatic heterocycles. The van der Waals surface area contributed by atoms with Gasteiger partial charge < -0.3 is 20.1 Å². The number of anilines is 1. The van der Waals surface area contributed by atoms with E-state index in [1.165, 1.54) is 0 Å². The first kappa shape index (κ1) is 17.5. The fraction of sp³-hybridized carbons (Fsp3) is 0.368. The maximum absolute atomic E-state index is 6.10. The van der Waals surface area contributed by atoms with E-state index in [0.717, 1.165) is 34.9 Å². The number of nitrogens with one attached hydrogen (secondary N) is 2. The second-order valence-corrected chi connectivity index (χ2v) is 7.20. The van der Waals surface area contributed by atoms with Crippen molar-refractivity contribution in [1.82, 2.24) is 10.3 Å². The van der Waals surface area contributed by atoms with E-state index < -0.39 is 0 Å². The summed E-state index contributed by atoms with van der Waals surface area (Å²) in [4.78, 5) is 4.33. The van der Waals surface area contributed by atoms with Crippen molar-refractivity contribution in [3.8, 4) is 11.5 Å². The number of thiocarbonyl (C=S) groups is 1. The summed E-state index contributed by atoms with van der Waals surface area (Å²) in [6, 6.07) is 9.78. The van der Waals surface area contributed by atoms with Gasteiger partial charge in [0.15, 0.2) is 5.11 Å². The summed E-state index contributed by atoms with van der Waals surface area (Å²) in [6.45, 7) is 6.15. The zero-order chi connectivity index (χ0) is 18.0. The van der Waals surface area contributed by atoms with Crippen LogP contribution in [0.1, 0.15) is 37.4 Å². The molecule has 132 valence electrons. The summed E-state index contributed by atoms with van der Waals surface area (Å²) in [5.41, 5.74) is 1.80. The van der Waals surface area contributed by atoms with E-state index in [1.54, 1.807) is 13.3 Å². The fourth-order valence-electron chi connectivity index (χ4n) is 3.01. The van der Waals surface area contributed by atoms with E-state index in [9.17, 15) is 0 Å². The third kappa shape index (κ3) is 4.02. The van der Waals surface area contributed by atoms with Crippen LogP contribution >= 0.6 is 12.2 Å². The number of methoxy groups -OCH3 is 1. The van der Waals surface area contributed by atoms with Gasteiger partial charge in [0.1, 0.15) is 22.9 Å². The fourth-order valence-corrected chi connectivity index (χ4v) is 3.25. The predicted molar refractivity (Wildman–Crippen MR) is 103 cm³/mol. The Morgan fingerprint density at radius 1 is 1.36 bits per heavy atom. The molecule has 0 spiro atoms. The van der Waals surface area contributed by atoms with Crippen molar-refractivity contribution in [3.05, 3.63) is 47.7 Å². The molecule has 2 N–H and O–H groups in total. The molecule has 0 fully saturated rings. The molecular weight excluding hydrogens is 334 g/mol. The average molecular weight is 357 g/mol. The highest BCUT2D eigenvalue weighted by Gasteiger charge is 2.34. The van der Waals surface area contributed by atoms with Gasteiger partial charge in [-0.3, -0.25) is 0 Å². The SMILES string of the molecule is COc1ccc2c(c1)[C@@H](NC(=S)Nc1ncccc1C)CC(C)(C)O2. The van der Waals surface area contributed by atoms with E-state index in [2.05, 4.69) is 29.5 Å². The third-order valence-electron chi connectivity index (χ3n) is 4.22. The van der Waals surface area contributed by atoms with Crippen LogP contribution in [0.2, 0.25) is 0 Å². The van der Waals surface area contributed by atoms with Gasteiger partial charge in [0.2, 0.25) is 0 Å². The summed E-state index contributed by atoms with van der Waals surface area (Å²) in [6.07, 6.45) is 2.53. The molecule has 3 rings (SSSR count). The Morgan fingerprint density at radius 2 is 2.16 bits per heavy atom. The molecule has 0 radical (unpaired) electrons. The Bertz CT molecular complexity index is 792. The van der Waals surface area contributed by atoms with Crippen LogP contribution in [-0.4, -0.2) is 22.8 Å². The van der Waals surface area contributed by atoms with E-state index >= 15 is 0 Å². The molecule has 0 saturated heterocycles. The van der Waals surface area contributed by atoms with Crippen molar-refractivity contribution in [2.75, 3.05) is 12.4 Å². The van der Waals surface area contributed by atoms with Gasteiger partial charge in [0, 0.05) is 18.2 Å². The Labute approximate surface area is 153 Å². The first-order chi connectivity index (χ1) is 11.9. The topological polar surface area (TPSA) is 55.4 Å². The van der Waals surface area contributed by atoms with Crippen LogP contribution in [-0.2, 0) is 0 Å². The minimum atomic E-state index is -0.282.